The fraction of sp³-hybridized carbons (Fsp3) is 0.474. The van der Waals surface area contributed by atoms with E-state index in [0.29, 0.717) is 12.0 Å². The number of nitrogens with one attached hydrogen (secondary N) is 1. The molecule has 1 amide bonds. The van der Waals surface area contributed by atoms with Gasteiger partial charge in [0.15, 0.2) is 0 Å². The number of nitrogens with zero attached hydrogens (tertiary/aromatic N) is 2. The molecule has 24 heavy (non-hydrogen) atoms. The summed E-state index contributed by atoms with van der Waals surface area (Å²) in [5, 5.41) is 17.1. The minimum Gasteiger partial charge on any atom is -0.390 e. The summed E-state index contributed by atoms with van der Waals surface area (Å²) >= 11 is 0. The summed E-state index contributed by atoms with van der Waals surface area (Å²) in [5.41, 5.74) is 1.98. The van der Waals surface area contributed by atoms with Crippen LogP contribution in [0.25, 0.3) is 0 Å². The van der Waals surface area contributed by atoms with Crippen molar-refractivity contribution in [2.45, 2.75) is 51.7 Å². The highest BCUT2D eigenvalue weighted by Gasteiger charge is 2.17. The lowest BCUT2D eigenvalue weighted by Crippen LogP contribution is -2.29. The second-order valence-corrected chi connectivity index (χ2v) is 6.83. The van der Waals surface area contributed by atoms with Crippen LogP contribution in [0.15, 0.2) is 36.5 Å². The maximum atomic E-state index is 12.6. The van der Waals surface area contributed by atoms with Gasteiger partial charge >= 0.3 is 0 Å². The number of aromatic nitrogens is 2. The zero-order valence-electron chi connectivity index (χ0n) is 14.9. The molecule has 0 bridgehead atoms. The number of amides is 1. The standard InChI is InChI=1S/C19H27N3O2/c1-5-16(17-10-12-20-22(17)4)21-18(23)15-8-6-7-14(13-15)9-11-19(2,3)24/h6-8,10,12-13,16,24H,5,9,11H2,1-4H3,(H,21,23)/t16-/m1/s1. The van der Waals surface area contributed by atoms with Gasteiger partial charge in [-0.05, 0) is 56.9 Å². The van der Waals surface area contributed by atoms with Gasteiger partial charge in [-0.25, -0.2) is 0 Å². The Kier molecular flexibility index (Phi) is 5.78. The smallest absolute Gasteiger partial charge is 0.251 e. The molecule has 2 aromatic rings. The van der Waals surface area contributed by atoms with E-state index in [-0.39, 0.29) is 11.9 Å². The van der Waals surface area contributed by atoms with Crippen molar-refractivity contribution in [2.75, 3.05) is 0 Å². The number of aliphatic hydroxyl groups is 1. The van der Waals surface area contributed by atoms with Crippen molar-refractivity contribution in [3.05, 3.63) is 53.3 Å². The van der Waals surface area contributed by atoms with Gasteiger partial charge in [0, 0.05) is 18.8 Å². The van der Waals surface area contributed by atoms with Gasteiger partial charge in [0.25, 0.3) is 5.91 Å². The second kappa shape index (κ2) is 7.62. The van der Waals surface area contributed by atoms with Crippen molar-refractivity contribution in [3.63, 3.8) is 0 Å². The molecule has 0 aliphatic heterocycles. The maximum Gasteiger partial charge on any atom is 0.251 e. The summed E-state index contributed by atoms with van der Waals surface area (Å²) in [7, 11) is 1.88. The van der Waals surface area contributed by atoms with Crippen molar-refractivity contribution in [2.24, 2.45) is 7.05 Å². The van der Waals surface area contributed by atoms with Crippen molar-refractivity contribution in [3.8, 4) is 0 Å². The molecule has 2 N–H and O–H groups in total. The Morgan fingerprint density at radius 2 is 2.12 bits per heavy atom. The van der Waals surface area contributed by atoms with Crippen LogP contribution < -0.4 is 5.32 Å². The third-order valence-corrected chi connectivity index (χ3v) is 4.14. The summed E-state index contributed by atoms with van der Waals surface area (Å²) in [6, 6.07) is 9.45. The molecule has 1 aromatic carbocycles. The number of carbonyl (C=O) groups is 1. The molecule has 130 valence electrons. The van der Waals surface area contributed by atoms with E-state index in [9.17, 15) is 9.90 Å². The Morgan fingerprint density at radius 3 is 2.71 bits per heavy atom. The molecule has 0 aliphatic carbocycles. The summed E-state index contributed by atoms with van der Waals surface area (Å²) in [4.78, 5) is 12.6. The number of aryl methyl sites for hydroxylation is 2. The van der Waals surface area contributed by atoms with Crippen LogP contribution in [0.2, 0.25) is 0 Å². The highest BCUT2D eigenvalue weighted by Crippen LogP contribution is 2.18. The van der Waals surface area contributed by atoms with Crippen LogP contribution in [0, 0.1) is 0 Å². The molecule has 1 heterocycles. The Hall–Kier alpha value is -2.14. The van der Waals surface area contributed by atoms with Gasteiger partial charge in [-0.2, -0.15) is 5.10 Å². The Balaban J connectivity index is 2.08. The van der Waals surface area contributed by atoms with Gasteiger partial charge in [0.2, 0.25) is 0 Å². The number of hydrogen-bond acceptors (Lipinski definition) is 3. The molecule has 5 heteroatoms. The molecular formula is C19H27N3O2. The van der Waals surface area contributed by atoms with E-state index in [1.165, 1.54) is 0 Å². The third-order valence-electron chi connectivity index (χ3n) is 4.14. The Morgan fingerprint density at radius 1 is 1.38 bits per heavy atom. The van der Waals surface area contributed by atoms with Crippen LogP contribution in [0.4, 0.5) is 0 Å². The maximum absolute atomic E-state index is 12.6. The topological polar surface area (TPSA) is 67.2 Å². The van der Waals surface area contributed by atoms with Crippen molar-refractivity contribution < 1.29 is 9.90 Å². The van der Waals surface area contributed by atoms with E-state index in [1.807, 2.05) is 44.3 Å². The summed E-state index contributed by atoms with van der Waals surface area (Å²) < 4.78 is 1.79. The van der Waals surface area contributed by atoms with Crippen LogP contribution >= 0.6 is 0 Å². The molecule has 0 unspecified atom stereocenters. The molecule has 0 radical (unpaired) electrons. The Labute approximate surface area is 143 Å². The van der Waals surface area contributed by atoms with Crippen LogP contribution in [0.1, 0.15) is 61.3 Å². The molecule has 0 fully saturated rings. The average Bonchev–Trinajstić information content (AvgIpc) is 2.96. The molecule has 5 nitrogen and oxygen atoms in total. The number of benzene rings is 1. The first-order valence-corrected chi connectivity index (χ1v) is 8.40. The molecule has 1 aromatic heterocycles. The lowest BCUT2D eigenvalue weighted by Gasteiger charge is -2.18. The first-order valence-electron chi connectivity index (χ1n) is 8.40. The van der Waals surface area contributed by atoms with Gasteiger partial charge < -0.3 is 10.4 Å². The first-order chi connectivity index (χ1) is 11.3. The molecule has 0 spiro atoms. The molecule has 0 saturated heterocycles. The van der Waals surface area contributed by atoms with Gasteiger partial charge in [-0.1, -0.05) is 19.1 Å². The minimum atomic E-state index is -0.703. The lowest BCUT2D eigenvalue weighted by molar-refractivity contribution is 0.0714. The summed E-state index contributed by atoms with van der Waals surface area (Å²) in [5.74, 6) is -0.0897. The minimum absolute atomic E-state index is 0.0648. The van der Waals surface area contributed by atoms with Gasteiger partial charge in [-0.15, -0.1) is 0 Å². The van der Waals surface area contributed by atoms with E-state index < -0.39 is 5.60 Å². The highest BCUT2D eigenvalue weighted by atomic mass is 16.3. The second-order valence-electron chi connectivity index (χ2n) is 6.83. The average molecular weight is 329 g/mol. The number of rotatable bonds is 7. The predicted molar refractivity (Wildman–Crippen MR) is 94.8 cm³/mol. The van der Waals surface area contributed by atoms with Crippen molar-refractivity contribution >= 4 is 5.91 Å². The van der Waals surface area contributed by atoms with Gasteiger partial charge in [0.05, 0.1) is 17.3 Å². The quantitative estimate of drug-likeness (QED) is 0.820. The van der Waals surface area contributed by atoms with E-state index in [4.69, 9.17) is 0 Å². The van der Waals surface area contributed by atoms with Crippen LogP contribution in [-0.2, 0) is 13.5 Å². The molecule has 0 aliphatic rings. The van der Waals surface area contributed by atoms with Gasteiger partial charge in [-0.3, -0.25) is 9.48 Å². The first kappa shape index (κ1) is 18.2. The van der Waals surface area contributed by atoms with Crippen LogP contribution in [-0.4, -0.2) is 26.4 Å². The number of carbonyl (C=O) groups excluding carboxylic acids is 1. The molecular weight excluding hydrogens is 302 g/mol. The summed E-state index contributed by atoms with van der Waals surface area (Å²) in [6.07, 6.45) is 3.93. The van der Waals surface area contributed by atoms with Crippen molar-refractivity contribution in [1.29, 1.82) is 0 Å². The zero-order valence-corrected chi connectivity index (χ0v) is 14.9. The molecule has 1 atom stereocenters. The van der Waals surface area contributed by atoms with Crippen molar-refractivity contribution in [1.82, 2.24) is 15.1 Å². The van der Waals surface area contributed by atoms with Crippen LogP contribution in [0.3, 0.4) is 0 Å². The van der Waals surface area contributed by atoms with E-state index in [0.717, 1.165) is 24.1 Å². The van der Waals surface area contributed by atoms with E-state index in [1.54, 1.807) is 24.7 Å². The lowest BCUT2D eigenvalue weighted by atomic mass is 9.97. The third kappa shape index (κ3) is 4.93. The van der Waals surface area contributed by atoms with Crippen LogP contribution in [0.5, 0.6) is 0 Å². The predicted octanol–water partition coefficient (Wildman–Crippen LogP) is 3.00. The molecule has 2 rings (SSSR count). The monoisotopic (exact) mass is 329 g/mol. The SMILES string of the molecule is CC[C@@H](NC(=O)c1cccc(CCC(C)(C)O)c1)c1ccnn1C. The van der Waals surface area contributed by atoms with E-state index >= 15 is 0 Å². The largest absolute Gasteiger partial charge is 0.390 e. The van der Waals surface area contributed by atoms with E-state index in [2.05, 4.69) is 10.4 Å². The zero-order chi connectivity index (χ0) is 17.7. The van der Waals surface area contributed by atoms with Gasteiger partial charge in [0.1, 0.15) is 0 Å². The Bertz CT molecular complexity index is 686. The fourth-order valence-electron chi connectivity index (χ4n) is 2.67. The summed E-state index contributed by atoms with van der Waals surface area (Å²) in [6.45, 7) is 5.63. The highest BCUT2D eigenvalue weighted by molar-refractivity contribution is 5.94. The fourth-order valence-corrected chi connectivity index (χ4v) is 2.67. The normalized spacial score (nSPS) is 12.9. The molecule has 0 saturated carbocycles. The number of hydrogen-bond donors (Lipinski definition) is 2.